The molecule has 0 bridgehead atoms. The summed E-state index contributed by atoms with van der Waals surface area (Å²) in [6.07, 6.45) is 18.8. The number of rotatable bonds is 0. The van der Waals surface area contributed by atoms with Crippen LogP contribution in [0.25, 0.3) is 0 Å². The lowest BCUT2D eigenvalue weighted by atomic mass is 9.70. The van der Waals surface area contributed by atoms with Crippen molar-refractivity contribution in [3.05, 3.63) is 0 Å². The molecule has 0 aromatic heterocycles. The quantitative estimate of drug-likeness (QED) is 0.522. The first-order valence-electron chi connectivity index (χ1n) is 6.83. The lowest BCUT2D eigenvalue weighted by molar-refractivity contribution is 0.164. The molecule has 14 heavy (non-hydrogen) atoms. The van der Waals surface area contributed by atoms with E-state index >= 15 is 0 Å². The number of hydrogen-bond acceptors (Lipinski definition) is 0. The highest BCUT2D eigenvalue weighted by Gasteiger charge is 2.48. The van der Waals surface area contributed by atoms with Crippen molar-refractivity contribution in [1.29, 1.82) is 0 Å². The fourth-order valence-electron chi connectivity index (χ4n) is 4.78. The molecule has 0 nitrogen and oxygen atoms in total. The summed E-state index contributed by atoms with van der Waals surface area (Å²) in [7, 11) is 0. The van der Waals surface area contributed by atoms with E-state index in [4.69, 9.17) is 0 Å². The van der Waals surface area contributed by atoms with Crippen LogP contribution in [-0.2, 0) is 0 Å². The molecule has 3 rings (SSSR count). The first-order chi connectivity index (χ1) is 6.83. The first kappa shape index (κ1) is 9.24. The molecule has 3 fully saturated rings. The van der Waals surface area contributed by atoms with E-state index in [2.05, 4.69) is 0 Å². The summed E-state index contributed by atoms with van der Waals surface area (Å²) in [5, 5.41) is 0. The summed E-state index contributed by atoms with van der Waals surface area (Å²) in [5.41, 5.74) is 1.71. The molecule has 0 N–H and O–H groups in total. The van der Waals surface area contributed by atoms with E-state index in [0.717, 1.165) is 10.8 Å². The lowest BCUT2D eigenvalue weighted by Crippen LogP contribution is -2.23. The van der Waals surface area contributed by atoms with Crippen LogP contribution in [0.1, 0.15) is 77.0 Å². The molecule has 0 aromatic carbocycles. The Morgan fingerprint density at radius 2 is 0.857 bits per heavy atom. The first-order valence-corrected chi connectivity index (χ1v) is 6.83. The zero-order valence-electron chi connectivity index (χ0n) is 9.49. The summed E-state index contributed by atoms with van der Waals surface area (Å²) < 4.78 is 0. The molecular weight excluding hydrogens is 168 g/mol. The van der Waals surface area contributed by atoms with E-state index in [1.54, 1.807) is 44.9 Å². The molecule has 0 unspecified atom stereocenters. The van der Waals surface area contributed by atoms with Crippen LogP contribution in [0, 0.1) is 10.8 Å². The van der Waals surface area contributed by atoms with Gasteiger partial charge in [-0.15, -0.1) is 0 Å². The molecule has 0 heterocycles. The van der Waals surface area contributed by atoms with Gasteiger partial charge in [0, 0.05) is 0 Å². The number of hydrogen-bond donors (Lipinski definition) is 0. The van der Waals surface area contributed by atoms with Crippen molar-refractivity contribution in [1.82, 2.24) is 0 Å². The van der Waals surface area contributed by atoms with Crippen molar-refractivity contribution in [2.75, 3.05) is 0 Å². The average Bonchev–Trinajstić information content (AvgIpc) is 2.78. The molecule has 0 aliphatic heterocycles. The molecule has 3 saturated carbocycles. The molecule has 0 atom stereocenters. The third-order valence-corrected chi connectivity index (χ3v) is 5.51. The average molecular weight is 192 g/mol. The Morgan fingerprint density at radius 3 is 1.36 bits per heavy atom. The molecule has 3 aliphatic carbocycles. The van der Waals surface area contributed by atoms with Crippen LogP contribution in [0.15, 0.2) is 0 Å². The molecule has 0 aromatic rings. The highest BCUT2D eigenvalue weighted by molar-refractivity contribution is 5.00. The van der Waals surface area contributed by atoms with E-state index in [-0.39, 0.29) is 0 Å². The minimum absolute atomic E-state index is 0.850. The lowest BCUT2D eigenvalue weighted by Gasteiger charge is -2.35. The zero-order valence-corrected chi connectivity index (χ0v) is 9.49. The van der Waals surface area contributed by atoms with Crippen LogP contribution in [0.5, 0.6) is 0 Å². The van der Waals surface area contributed by atoms with Crippen molar-refractivity contribution in [3.8, 4) is 0 Å². The molecule has 0 saturated heterocycles. The Labute approximate surface area is 88.5 Å². The highest BCUT2D eigenvalue weighted by atomic mass is 14.5. The SMILES string of the molecule is C1CCC2(CC1)CCC1(CCCC1)C2. The second-order valence-corrected chi connectivity index (χ2v) is 6.44. The van der Waals surface area contributed by atoms with Crippen molar-refractivity contribution < 1.29 is 0 Å². The largest absolute Gasteiger partial charge is 0.0533 e. The van der Waals surface area contributed by atoms with Crippen molar-refractivity contribution in [3.63, 3.8) is 0 Å². The standard InChI is InChI=1S/C14H24/c1-2-6-13(7-3-1)10-11-14(12-13)8-4-5-9-14/h1-12H2. The van der Waals surface area contributed by atoms with Gasteiger partial charge >= 0.3 is 0 Å². The van der Waals surface area contributed by atoms with E-state index in [9.17, 15) is 0 Å². The maximum atomic E-state index is 1.62. The zero-order chi connectivity index (χ0) is 9.49. The minimum atomic E-state index is 0.850. The van der Waals surface area contributed by atoms with Gasteiger partial charge in [-0.05, 0) is 55.8 Å². The Kier molecular flexibility index (Phi) is 2.15. The van der Waals surface area contributed by atoms with Gasteiger partial charge in [-0.3, -0.25) is 0 Å². The summed E-state index contributed by atoms with van der Waals surface area (Å²) >= 11 is 0. The van der Waals surface area contributed by atoms with Crippen LogP contribution in [-0.4, -0.2) is 0 Å². The summed E-state index contributed by atoms with van der Waals surface area (Å²) in [6, 6.07) is 0. The molecule has 0 radical (unpaired) electrons. The second-order valence-electron chi connectivity index (χ2n) is 6.44. The van der Waals surface area contributed by atoms with Gasteiger partial charge in [0.05, 0.1) is 0 Å². The summed E-state index contributed by atoms with van der Waals surface area (Å²) in [6.45, 7) is 0. The molecule has 0 heteroatoms. The van der Waals surface area contributed by atoms with E-state index in [1.165, 1.54) is 32.1 Å². The van der Waals surface area contributed by atoms with E-state index in [1.807, 2.05) is 0 Å². The second kappa shape index (κ2) is 3.25. The predicted octanol–water partition coefficient (Wildman–Crippen LogP) is 4.68. The van der Waals surface area contributed by atoms with Crippen LogP contribution < -0.4 is 0 Å². The Morgan fingerprint density at radius 1 is 0.429 bits per heavy atom. The van der Waals surface area contributed by atoms with Gasteiger partial charge in [0.25, 0.3) is 0 Å². The minimum Gasteiger partial charge on any atom is -0.0533 e. The summed E-state index contributed by atoms with van der Waals surface area (Å²) in [5.74, 6) is 0. The molecule has 3 aliphatic rings. The fraction of sp³-hybridized carbons (Fsp3) is 1.00. The van der Waals surface area contributed by atoms with Gasteiger partial charge in [0.15, 0.2) is 0 Å². The topological polar surface area (TPSA) is 0 Å². The van der Waals surface area contributed by atoms with Crippen LogP contribution >= 0.6 is 0 Å². The molecule has 80 valence electrons. The van der Waals surface area contributed by atoms with Gasteiger partial charge in [-0.25, -0.2) is 0 Å². The maximum absolute atomic E-state index is 1.62. The van der Waals surface area contributed by atoms with E-state index < -0.39 is 0 Å². The van der Waals surface area contributed by atoms with Gasteiger partial charge in [-0.2, -0.15) is 0 Å². The molecule has 2 spiro atoms. The normalized spacial score (nSPS) is 34.3. The predicted molar refractivity (Wildman–Crippen MR) is 60.3 cm³/mol. The van der Waals surface area contributed by atoms with Gasteiger partial charge in [0.2, 0.25) is 0 Å². The Hall–Kier alpha value is 0. The smallest absolute Gasteiger partial charge is 0.0292 e. The Balaban J connectivity index is 1.73. The third-order valence-electron chi connectivity index (χ3n) is 5.51. The van der Waals surface area contributed by atoms with Crippen LogP contribution in [0.4, 0.5) is 0 Å². The van der Waals surface area contributed by atoms with Crippen molar-refractivity contribution in [2.45, 2.75) is 77.0 Å². The monoisotopic (exact) mass is 192 g/mol. The Bertz CT molecular complexity index is 204. The summed E-state index contributed by atoms with van der Waals surface area (Å²) in [4.78, 5) is 0. The van der Waals surface area contributed by atoms with Gasteiger partial charge < -0.3 is 0 Å². The molecule has 0 amide bonds. The fourth-order valence-corrected chi connectivity index (χ4v) is 4.78. The molecular formula is C14H24. The van der Waals surface area contributed by atoms with Crippen molar-refractivity contribution >= 4 is 0 Å². The van der Waals surface area contributed by atoms with Gasteiger partial charge in [-0.1, -0.05) is 32.1 Å². The maximum Gasteiger partial charge on any atom is -0.0292 e. The van der Waals surface area contributed by atoms with Crippen LogP contribution in [0.2, 0.25) is 0 Å². The highest BCUT2D eigenvalue weighted by Crippen LogP contribution is 2.61. The van der Waals surface area contributed by atoms with Gasteiger partial charge in [0.1, 0.15) is 0 Å². The third kappa shape index (κ3) is 1.42. The van der Waals surface area contributed by atoms with Crippen LogP contribution in [0.3, 0.4) is 0 Å². The van der Waals surface area contributed by atoms with Crippen molar-refractivity contribution in [2.24, 2.45) is 10.8 Å². The van der Waals surface area contributed by atoms with E-state index in [0.29, 0.717) is 0 Å².